The minimum atomic E-state index is -0.587. The van der Waals surface area contributed by atoms with Crippen LogP contribution in [0.2, 0.25) is 0 Å². The van der Waals surface area contributed by atoms with E-state index in [-0.39, 0.29) is 24.1 Å². The van der Waals surface area contributed by atoms with Crippen molar-refractivity contribution < 1.29 is 14.4 Å². The molecule has 3 amide bonds. The molecule has 2 heterocycles. The van der Waals surface area contributed by atoms with Crippen LogP contribution in [0.1, 0.15) is 60.2 Å². The standard InChI is InChI=1S/C29H35N3O3S/c1-4-6-19(2)20(3)30-16-15-21-9-11-22(12-10-21)18-36-26-8-5-7-23-24(26)17-32(29(23)35)25-13-14-27(33)31-28(25)34/h4-5,7-12,19-20,25,30H,1,6,13-18H2,2-3H3,(H,31,33,34). The summed E-state index contributed by atoms with van der Waals surface area (Å²) in [6.07, 6.45) is 4.63. The highest BCUT2D eigenvalue weighted by Crippen LogP contribution is 2.35. The number of imide groups is 1. The Morgan fingerprint density at radius 2 is 1.89 bits per heavy atom. The van der Waals surface area contributed by atoms with Crippen LogP contribution in [0.4, 0.5) is 0 Å². The maximum Gasteiger partial charge on any atom is 0.255 e. The Balaban J connectivity index is 1.32. The molecular formula is C29H35N3O3S. The molecule has 0 saturated carbocycles. The Labute approximate surface area is 217 Å². The smallest absolute Gasteiger partial charge is 0.255 e. The molecule has 1 saturated heterocycles. The molecule has 2 N–H and O–H groups in total. The van der Waals surface area contributed by atoms with Gasteiger partial charge in [-0.1, -0.05) is 43.3 Å². The summed E-state index contributed by atoms with van der Waals surface area (Å²) in [6, 6.07) is 14.4. The molecule has 3 atom stereocenters. The predicted octanol–water partition coefficient (Wildman–Crippen LogP) is 4.47. The molecule has 0 bridgehead atoms. The van der Waals surface area contributed by atoms with Crippen LogP contribution in [0.15, 0.2) is 60.0 Å². The number of amides is 3. The number of hydrogen-bond acceptors (Lipinski definition) is 5. The fourth-order valence-corrected chi connectivity index (χ4v) is 5.81. The number of fused-ring (bicyclic) bond motifs is 1. The van der Waals surface area contributed by atoms with Gasteiger partial charge in [0.15, 0.2) is 0 Å². The summed E-state index contributed by atoms with van der Waals surface area (Å²) in [5.74, 6) is 0.600. The molecule has 0 spiro atoms. The first-order valence-corrected chi connectivity index (χ1v) is 13.7. The quantitative estimate of drug-likeness (QED) is 0.268. The summed E-state index contributed by atoms with van der Waals surface area (Å²) >= 11 is 1.71. The first-order valence-electron chi connectivity index (χ1n) is 12.7. The van der Waals surface area contributed by atoms with Gasteiger partial charge in [0.2, 0.25) is 11.8 Å². The van der Waals surface area contributed by atoms with E-state index in [2.05, 4.69) is 55.3 Å². The zero-order valence-corrected chi connectivity index (χ0v) is 21.9. The second kappa shape index (κ2) is 11.9. The maximum atomic E-state index is 13.0. The number of carbonyl (C=O) groups excluding carboxylic acids is 3. The lowest BCUT2D eigenvalue weighted by Gasteiger charge is -2.29. The van der Waals surface area contributed by atoms with E-state index in [4.69, 9.17) is 0 Å². The monoisotopic (exact) mass is 505 g/mol. The van der Waals surface area contributed by atoms with E-state index in [9.17, 15) is 14.4 Å². The van der Waals surface area contributed by atoms with Gasteiger partial charge in [-0.2, -0.15) is 0 Å². The topological polar surface area (TPSA) is 78.5 Å². The third kappa shape index (κ3) is 6.08. The van der Waals surface area contributed by atoms with Crippen molar-refractivity contribution in [1.29, 1.82) is 0 Å². The fourth-order valence-electron chi connectivity index (χ4n) is 4.77. The Morgan fingerprint density at radius 1 is 1.14 bits per heavy atom. The molecule has 3 unspecified atom stereocenters. The second-order valence-corrected chi connectivity index (χ2v) is 10.8. The SMILES string of the molecule is C=CCC(C)C(C)NCCc1ccc(CSc2cccc3c2CN(C2CCC(=O)NC2=O)C3=O)cc1. The first kappa shape index (κ1) is 26.2. The molecule has 0 radical (unpaired) electrons. The summed E-state index contributed by atoms with van der Waals surface area (Å²) in [5.41, 5.74) is 4.17. The summed E-state index contributed by atoms with van der Waals surface area (Å²) < 4.78 is 0. The van der Waals surface area contributed by atoms with Gasteiger partial charge in [-0.05, 0) is 67.5 Å². The Kier molecular flexibility index (Phi) is 8.64. The largest absolute Gasteiger partial charge is 0.322 e. The number of rotatable bonds is 11. The van der Waals surface area contributed by atoms with Crippen LogP contribution >= 0.6 is 11.8 Å². The maximum absolute atomic E-state index is 13.0. The lowest BCUT2D eigenvalue weighted by molar-refractivity contribution is -0.136. The molecule has 4 rings (SSSR count). The fraction of sp³-hybridized carbons (Fsp3) is 0.414. The van der Waals surface area contributed by atoms with E-state index in [0.717, 1.165) is 35.6 Å². The van der Waals surface area contributed by atoms with Crippen molar-refractivity contribution >= 4 is 29.5 Å². The van der Waals surface area contributed by atoms with E-state index in [1.54, 1.807) is 16.7 Å². The molecule has 0 aliphatic carbocycles. The minimum absolute atomic E-state index is 0.131. The van der Waals surface area contributed by atoms with Crippen molar-refractivity contribution in [2.75, 3.05) is 6.54 Å². The lowest BCUT2D eigenvalue weighted by Crippen LogP contribution is -2.52. The molecule has 6 nitrogen and oxygen atoms in total. The van der Waals surface area contributed by atoms with E-state index >= 15 is 0 Å². The van der Waals surface area contributed by atoms with Gasteiger partial charge in [-0.25, -0.2) is 0 Å². The lowest BCUT2D eigenvalue weighted by atomic mass is 9.99. The van der Waals surface area contributed by atoms with Crippen LogP contribution < -0.4 is 10.6 Å². The van der Waals surface area contributed by atoms with Gasteiger partial charge in [0.1, 0.15) is 6.04 Å². The normalized spacial score (nSPS) is 19.1. The number of piperidine rings is 1. The minimum Gasteiger partial charge on any atom is -0.322 e. The number of nitrogens with one attached hydrogen (secondary N) is 2. The number of benzene rings is 2. The first-order chi connectivity index (χ1) is 17.4. The third-order valence-corrected chi connectivity index (χ3v) is 8.40. The molecule has 36 heavy (non-hydrogen) atoms. The zero-order chi connectivity index (χ0) is 25.7. The predicted molar refractivity (Wildman–Crippen MR) is 144 cm³/mol. The molecule has 2 aliphatic rings. The highest BCUT2D eigenvalue weighted by molar-refractivity contribution is 7.98. The van der Waals surface area contributed by atoms with Gasteiger partial charge in [0.05, 0.1) is 0 Å². The molecular weight excluding hydrogens is 470 g/mol. The highest BCUT2D eigenvalue weighted by atomic mass is 32.2. The van der Waals surface area contributed by atoms with Gasteiger partial charge < -0.3 is 10.2 Å². The van der Waals surface area contributed by atoms with Crippen LogP contribution in [-0.2, 0) is 28.3 Å². The molecule has 2 aliphatic heterocycles. The van der Waals surface area contributed by atoms with E-state index in [1.807, 2.05) is 24.3 Å². The van der Waals surface area contributed by atoms with Crippen LogP contribution in [0, 0.1) is 5.92 Å². The van der Waals surface area contributed by atoms with Crippen LogP contribution in [0.3, 0.4) is 0 Å². The number of allylic oxidation sites excluding steroid dienone is 1. The average Bonchev–Trinajstić information content (AvgIpc) is 3.20. The van der Waals surface area contributed by atoms with Crippen molar-refractivity contribution in [1.82, 2.24) is 15.5 Å². The van der Waals surface area contributed by atoms with E-state index < -0.39 is 6.04 Å². The van der Waals surface area contributed by atoms with Crippen molar-refractivity contribution in [3.05, 3.63) is 77.4 Å². The average molecular weight is 506 g/mol. The molecule has 0 aromatic heterocycles. The van der Waals surface area contributed by atoms with Gasteiger partial charge in [0.25, 0.3) is 5.91 Å². The van der Waals surface area contributed by atoms with E-state index in [0.29, 0.717) is 30.5 Å². The molecule has 190 valence electrons. The van der Waals surface area contributed by atoms with Gasteiger partial charge in [-0.15, -0.1) is 18.3 Å². The van der Waals surface area contributed by atoms with Crippen molar-refractivity contribution in [3.8, 4) is 0 Å². The molecule has 2 aromatic carbocycles. The number of nitrogens with zero attached hydrogens (tertiary/aromatic N) is 1. The van der Waals surface area contributed by atoms with Gasteiger partial charge >= 0.3 is 0 Å². The van der Waals surface area contributed by atoms with E-state index in [1.165, 1.54) is 11.1 Å². The Hall–Kier alpha value is -2.90. The molecule has 7 heteroatoms. The van der Waals surface area contributed by atoms with Crippen molar-refractivity contribution in [2.24, 2.45) is 5.92 Å². The van der Waals surface area contributed by atoms with Crippen molar-refractivity contribution in [3.63, 3.8) is 0 Å². The van der Waals surface area contributed by atoms with Crippen LogP contribution in [0.25, 0.3) is 0 Å². The summed E-state index contributed by atoms with van der Waals surface area (Å²) in [5, 5.41) is 5.97. The van der Waals surface area contributed by atoms with Crippen LogP contribution in [-0.4, -0.2) is 41.2 Å². The highest BCUT2D eigenvalue weighted by Gasteiger charge is 2.39. The summed E-state index contributed by atoms with van der Waals surface area (Å²) in [6.45, 7) is 9.66. The summed E-state index contributed by atoms with van der Waals surface area (Å²) in [4.78, 5) is 39.5. The molecule has 2 aromatic rings. The Bertz CT molecular complexity index is 1130. The second-order valence-electron chi connectivity index (χ2n) is 9.78. The van der Waals surface area contributed by atoms with Gasteiger partial charge in [0, 0.05) is 35.2 Å². The van der Waals surface area contributed by atoms with Crippen LogP contribution in [0.5, 0.6) is 0 Å². The van der Waals surface area contributed by atoms with Crippen molar-refractivity contribution in [2.45, 2.75) is 68.8 Å². The summed E-state index contributed by atoms with van der Waals surface area (Å²) in [7, 11) is 0. The Morgan fingerprint density at radius 3 is 2.61 bits per heavy atom. The molecule has 1 fully saturated rings. The third-order valence-electron chi connectivity index (χ3n) is 7.23. The number of hydrogen-bond donors (Lipinski definition) is 2. The number of thioether (sulfide) groups is 1. The number of carbonyl (C=O) groups is 3. The van der Waals surface area contributed by atoms with Gasteiger partial charge in [-0.3, -0.25) is 19.7 Å². The zero-order valence-electron chi connectivity index (χ0n) is 21.1.